The topological polar surface area (TPSA) is 12.0 Å². The van der Waals surface area contributed by atoms with Crippen LogP contribution in [0.4, 0.5) is 5.69 Å². The Morgan fingerprint density at radius 2 is 1.70 bits per heavy atom. The fourth-order valence-electron chi connectivity index (χ4n) is 1.80. The van der Waals surface area contributed by atoms with E-state index >= 15 is 0 Å². The highest BCUT2D eigenvalue weighted by Crippen LogP contribution is 2.38. The molecule has 0 amide bonds. The van der Waals surface area contributed by atoms with Gasteiger partial charge in [-0.2, -0.15) is 0 Å². The second kappa shape index (κ2) is 6.76. The lowest BCUT2D eigenvalue weighted by Crippen LogP contribution is -2.07. The predicted molar refractivity (Wildman–Crippen MR) is 92.7 cm³/mol. The van der Waals surface area contributed by atoms with Crippen LogP contribution in [0.15, 0.2) is 34.8 Å². The average Bonchev–Trinajstić information content (AvgIpc) is 2.39. The maximum Gasteiger partial charge on any atom is 0.0835 e. The van der Waals surface area contributed by atoms with Gasteiger partial charge < -0.3 is 5.32 Å². The molecule has 2 rings (SSSR count). The van der Waals surface area contributed by atoms with Gasteiger partial charge in [-0.1, -0.05) is 52.5 Å². The van der Waals surface area contributed by atoms with E-state index in [0.29, 0.717) is 20.1 Å². The van der Waals surface area contributed by atoms with Gasteiger partial charge >= 0.3 is 0 Å². The van der Waals surface area contributed by atoms with Gasteiger partial charge in [0.05, 0.1) is 21.8 Å². The van der Waals surface area contributed by atoms with Crippen molar-refractivity contribution in [3.63, 3.8) is 0 Å². The predicted octanol–water partition coefficient (Wildman–Crippen LogP) is 7.24. The molecule has 0 aliphatic rings. The van der Waals surface area contributed by atoms with Gasteiger partial charge in [0, 0.05) is 14.5 Å². The summed E-state index contributed by atoms with van der Waals surface area (Å²) in [5, 5.41) is 5.45. The van der Waals surface area contributed by atoms with Crippen LogP contribution in [0.2, 0.25) is 20.1 Å². The van der Waals surface area contributed by atoms with Crippen LogP contribution < -0.4 is 5.32 Å². The third-order valence-corrected chi connectivity index (χ3v) is 5.17. The van der Waals surface area contributed by atoms with E-state index in [0.717, 1.165) is 15.7 Å². The van der Waals surface area contributed by atoms with Crippen LogP contribution in [0.5, 0.6) is 0 Å². The van der Waals surface area contributed by atoms with Crippen LogP contribution in [0.1, 0.15) is 18.5 Å². The number of nitrogens with one attached hydrogen (secondary N) is 1. The van der Waals surface area contributed by atoms with Crippen molar-refractivity contribution >= 4 is 68.0 Å². The van der Waals surface area contributed by atoms with Crippen LogP contribution in [0.25, 0.3) is 0 Å². The molecule has 20 heavy (non-hydrogen) atoms. The molecule has 1 nitrogen and oxygen atoms in total. The molecule has 0 radical (unpaired) electrons. The summed E-state index contributed by atoms with van der Waals surface area (Å²) in [7, 11) is 0. The molecule has 2 aromatic carbocycles. The first kappa shape index (κ1) is 16.3. The summed E-state index contributed by atoms with van der Waals surface area (Å²) in [5.41, 5.74) is 1.68. The van der Waals surface area contributed by atoms with E-state index in [2.05, 4.69) is 21.2 Å². The van der Waals surface area contributed by atoms with Gasteiger partial charge in [0.15, 0.2) is 0 Å². The molecule has 0 aliphatic carbocycles. The van der Waals surface area contributed by atoms with Gasteiger partial charge in [0.2, 0.25) is 0 Å². The third-order valence-electron chi connectivity index (χ3n) is 2.84. The largest absolute Gasteiger partial charge is 0.377 e. The molecule has 1 N–H and O–H groups in total. The van der Waals surface area contributed by atoms with Crippen molar-refractivity contribution in [1.82, 2.24) is 0 Å². The zero-order valence-corrected chi connectivity index (χ0v) is 15.0. The van der Waals surface area contributed by atoms with E-state index in [1.54, 1.807) is 12.1 Å². The number of hydrogen-bond acceptors (Lipinski definition) is 1. The van der Waals surface area contributed by atoms with Crippen molar-refractivity contribution in [2.24, 2.45) is 0 Å². The fourth-order valence-corrected chi connectivity index (χ4v) is 3.20. The molecule has 0 aromatic heterocycles. The zero-order valence-electron chi connectivity index (χ0n) is 10.4. The summed E-state index contributed by atoms with van der Waals surface area (Å²) in [4.78, 5) is 0. The van der Waals surface area contributed by atoms with E-state index in [-0.39, 0.29) is 6.04 Å². The van der Waals surface area contributed by atoms with Crippen LogP contribution >= 0.6 is 62.3 Å². The molecule has 2 aromatic rings. The molecule has 0 aliphatic heterocycles. The molecule has 0 spiro atoms. The molecule has 1 unspecified atom stereocenters. The van der Waals surface area contributed by atoms with Gasteiger partial charge in [0.25, 0.3) is 0 Å². The molecular weight excluding hydrogens is 404 g/mol. The molecule has 0 fully saturated rings. The molecule has 0 heterocycles. The van der Waals surface area contributed by atoms with E-state index in [4.69, 9.17) is 46.4 Å². The Balaban J connectivity index is 2.28. The Kier molecular flexibility index (Phi) is 5.49. The summed E-state index contributed by atoms with van der Waals surface area (Å²) < 4.78 is 0.756. The first-order valence-electron chi connectivity index (χ1n) is 5.75. The number of rotatable bonds is 3. The zero-order chi connectivity index (χ0) is 14.9. The van der Waals surface area contributed by atoms with Crippen molar-refractivity contribution in [1.29, 1.82) is 0 Å². The van der Waals surface area contributed by atoms with Gasteiger partial charge in [-0.25, -0.2) is 0 Å². The second-order valence-corrected chi connectivity index (χ2v) is 6.71. The molecule has 1 atom stereocenters. The Morgan fingerprint density at radius 1 is 1.00 bits per heavy atom. The van der Waals surface area contributed by atoms with Crippen LogP contribution in [0, 0.1) is 0 Å². The maximum atomic E-state index is 6.22. The van der Waals surface area contributed by atoms with Crippen LogP contribution in [-0.4, -0.2) is 0 Å². The molecular formula is C14H10BrCl4N. The normalized spacial score (nSPS) is 12.3. The Morgan fingerprint density at radius 3 is 2.35 bits per heavy atom. The lowest BCUT2D eigenvalue weighted by molar-refractivity contribution is 0.885. The highest BCUT2D eigenvalue weighted by Gasteiger charge is 2.14. The van der Waals surface area contributed by atoms with E-state index in [1.807, 2.05) is 25.1 Å². The SMILES string of the molecule is CC(Nc1ccc(Br)c(Cl)c1Cl)c1ccc(Cl)cc1Cl. The van der Waals surface area contributed by atoms with E-state index in [1.165, 1.54) is 0 Å². The molecule has 0 saturated carbocycles. The number of hydrogen-bond donors (Lipinski definition) is 1. The van der Waals surface area contributed by atoms with Crippen molar-refractivity contribution in [3.05, 3.63) is 60.5 Å². The van der Waals surface area contributed by atoms with Crippen molar-refractivity contribution in [2.45, 2.75) is 13.0 Å². The minimum absolute atomic E-state index is 0.0329. The number of anilines is 1. The first-order valence-corrected chi connectivity index (χ1v) is 8.05. The van der Waals surface area contributed by atoms with Gasteiger partial charge in [-0.05, 0) is 52.7 Å². The lowest BCUT2D eigenvalue weighted by Gasteiger charge is -2.19. The first-order chi connectivity index (χ1) is 9.40. The fraction of sp³-hybridized carbons (Fsp3) is 0.143. The third kappa shape index (κ3) is 3.55. The summed E-state index contributed by atoms with van der Waals surface area (Å²) in [5.74, 6) is 0. The van der Waals surface area contributed by atoms with Gasteiger partial charge in [-0.3, -0.25) is 0 Å². The quantitative estimate of drug-likeness (QED) is 0.523. The lowest BCUT2D eigenvalue weighted by atomic mass is 10.1. The standard InChI is InChI=1S/C14H10BrCl4N/c1-7(9-3-2-8(16)6-11(9)17)20-12-5-4-10(15)13(18)14(12)19/h2-7,20H,1H3. The Labute approximate surface area is 146 Å². The monoisotopic (exact) mass is 411 g/mol. The highest BCUT2D eigenvalue weighted by atomic mass is 79.9. The number of halogens is 5. The van der Waals surface area contributed by atoms with E-state index in [9.17, 15) is 0 Å². The van der Waals surface area contributed by atoms with Crippen molar-refractivity contribution < 1.29 is 0 Å². The van der Waals surface area contributed by atoms with Crippen LogP contribution in [0.3, 0.4) is 0 Å². The van der Waals surface area contributed by atoms with Crippen LogP contribution in [-0.2, 0) is 0 Å². The number of benzene rings is 2. The summed E-state index contributed by atoms with van der Waals surface area (Å²) in [6.45, 7) is 1.99. The molecule has 6 heteroatoms. The maximum absolute atomic E-state index is 6.22. The minimum Gasteiger partial charge on any atom is -0.377 e. The highest BCUT2D eigenvalue weighted by molar-refractivity contribution is 9.10. The van der Waals surface area contributed by atoms with Gasteiger partial charge in [0.1, 0.15) is 0 Å². The van der Waals surface area contributed by atoms with E-state index < -0.39 is 0 Å². The molecule has 0 saturated heterocycles. The Bertz CT molecular complexity index is 645. The minimum atomic E-state index is -0.0329. The van der Waals surface area contributed by atoms with Crippen molar-refractivity contribution in [3.8, 4) is 0 Å². The summed E-state index contributed by atoms with van der Waals surface area (Å²) >= 11 is 27.7. The summed E-state index contributed by atoms with van der Waals surface area (Å²) in [6.07, 6.45) is 0. The van der Waals surface area contributed by atoms with Gasteiger partial charge in [-0.15, -0.1) is 0 Å². The average molecular weight is 414 g/mol. The molecule has 106 valence electrons. The smallest absolute Gasteiger partial charge is 0.0835 e. The molecule has 0 bridgehead atoms. The second-order valence-electron chi connectivity index (χ2n) is 4.25. The van der Waals surface area contributed by atoms with Crippen molar-refractivity contribution in [2.75, 3.05) is 5.32 Å². The Hall–Kier alpha value is -0.120. The summed E-state index contributed by atoms with van der Waals surface area (Å²) in [6, 6.07) is 9.07.